The molecule has 0 bridgehead atoms. The number of hydrogen-bond donors (Lipinski definition) is 2. The van der Waals surface area contributed by atoms with Gasteiger partial charge in [0.15, 0.2) is 0 Å². The Morgan fingerprint density at radius 3 is 2.76 bits per heavy atom. The molecule has 3 rings (SSSR count). The number of anilines is 1. The molecular formula is C16H16N4O. The lowest BCUT2D eigenvalue weighted by Crippen LogP contribution is -2.07. The van der Waals surface area contributed by atoms with Crippen LogP contribution in [0.3, 0.4) is 0 Å². The van der Waals surface area contributed by atoms with Crippen LogP contribution < -0.4 is 5.32 Å². The molecule has 0 unspecified atom stereocenters. The molecule has 0 saturated heterocycles. The summed E-state index contributed by atoms with van der Waals surface area (Å²) < 4.78 is 1.89. The third-order valence-corrected chi connectivity index (χ3v) is 3.18. The van der Waals surface area contributed by atoms with Crippen molar-refractivity contribution >= 4 is 5.69 Å². The van der Waals surface area contributed by atoms with E-state index in [9.17, 15) is 5.11 Å². The van der Waals surface area contributed by atoms with Gasteiger partial charge in [0.1, 0.15) is 5.75 Å². The van der Waals surface area contributed by atoms with Crippen LogP contribution in [0.4, 0.5) is 5.69 Å². The molecule has 2 aromatic heterocycles. The standard InChI is InChI=1S/C16H16N4O/c21-15-7-6-14(17-11-15)10-18-16-5-2-1-4-13(16)12-20-9-3-8-19-20/h1-9,11,18,21H,10,12H2. The van der Waals surface area contributed by atoms with Gasteiger partial charge in [-0.1, -0.05) is 18.2 Å². The molecule has 0 fully saturated rings. The van der Waals surface area contributed by atoms with Crippen LogP contribution in [0, 0.1) is 0 Å². The normalized spacial score (nSPS) is 10.5. The number of benzene rings is 1. The Labute approximate surface area is 122 Å². The first-order valence-electron chi connectivity index (χ1n) is 6.74. The number of pyridine rings is 1. The van der Waals surface area contributed by atoms with Crippen molar-refractivity contribution in [2.24, 2.45) is 0 Å². The zero-order chi connectivity index (χ0) is 14.5. The van der Waals surface area contributed by atoms with Gasteiger partial charge in [0.25, 0.3) is 0 Å². The van der Waals surface area contributed by atoms with E-state index in [0.29, 0.717) is 6.54 Å². The topological polar surface area (TPSA) is 63.0 Å². The molecule has 3 aromatic rings. The predicted molar refractivity (Wildman–Crippen MR) is 81.0 cm³/mol. The minimum absolute atomic E-state index is 0.179. The van der Waals surface area contributed by atoms with Crippen LogP contribution >= 0.6 is 0 Å². The first kappa shape index (κ1) is 13.2. The Morgan fingerprint density at radius 2 is 2.00 bits per heavy atom. The van der Waals surface area contributed by atoms with Crippen molar-refractivity contribution in [2.75, 3.05) is 5.32 Å². The second kappa shape index (κ2) is 6.09. The largest absolute Gasteiger partial charge is 0.506 e. The fraction of sp³-hybridized carbons (Fsp3) is 0.125. The van der Waals surface area contributed by atoms with E-state index in [1.165, 1.54) is 11.8 Å². The van der Waals surface area contributed by atoms with Crippen molar-refractivity contribution in [2.45, 2.75) is 13.1 Å². The number of rotatable bonds is 5. The number of nitrogens with one attached hydrogen (secondary N) is 1. The molecule has 106 valence electrons. The first-order chi connectivity index (χ1) is 10.3. The molecule has 1 aromatic carbocycles. The highest BCUT2D eigenvalue weighted by Gasteiger charge is 2.03. The van der Waals surface area contributed by atoms with Crippen LogP contribution in [0.5, 0.6) is 5.75 Å². The molecule has 0 atom stereocenters. The Kier molecular flexibility index (Phi) is 3.82. The van der Waals surface area contributed by atoms with E-state index in [0.717, 1.165) is 17.9 Å². The van der Waals surface area contributed by atoms with Crippen LogP contribution in [0.2, 0.25) is 0 Å². The zero-order valence-electron chi connectivity index (χ0n) is 11.5. The Balaban J connectivity index is 1.71. The SMILES string of the molecule is Oc1ccc(CNc2ccccc2Cn2cccn2)nc1. The third-order valence-electron chi connectivity index (χ3n) is 3.18. The highest BCUT2D eigenvalue weighted by molar-refractivity contribution is 5.51. The number of nitrogens with zero attached hydrogens (tertiary/aromatic N) is 3. The van der Waals surface area contributed by atoms with E-state index in [1.807, 2.05) is 35.1 Å². The van der Waals surface area contributed by atoms with Gasteiger partial charge >= 0.3 is 0 Å². The van der Waals surface area contributed by atoms with E-state index < -0.39 is 0 Å². The molecule has 5 heteroatoms. The summed E-state index contributed by atoms with van der Waals surface area (Å²) in [4.78, 5) is 4.17. The Morgan fingerprint density at radius 1 is 1.10 bits per heavy atom. The quantitative estimate of drug-likeness (QED) is 0.754. The van der Waals surface area contributed by atoms with E-state index in [4.69, 9.17) is 0 Å². The summed E-state index contributed by atoms with van der Waals surface area (Å²) in [7, 11) is 0. The molecule has 21 heavy (non-hydrogen) atoms. The fourth-order valence-electron chi connectivity index (χ4n) is 2.11. The molecule has 2 N–H and O–H groups in total. The van der Waals surface area contributed by atoms with Crippen LogP contribution in [-0.4, -0.2) is 19.9 Å². The maximum atomic E-state index is 9.24. The van der Waals surface area contributed by atoms with Gasteiger partial charge in [0.05, 0.1) is 25.0 Å². The van der Waals surface area contributed by atoms with E-state index >= 15 is 0 Å². The van der Waals surface area contributed by atoms with Gasteiger partial charge in [-0.25, -0.2) is 0 Å². The van der Waals surface area contributed by atoms with Gasteiger partial charge in [0, 0.05) is 18.1 Å². The number of hydrogen-bond acceptors (Lipinski definition) is 4. The van der Waals surface area contributed by atoms with Crippen molar-refractivity contribution in [3.05, 3.63) is 72.3 Å². The molecule has 0 aliphatic carbocycles. The lowest BCUT2D eigenvalue weighted by Gasteiger charge is -2.12. The third kappa shape index (κ3) is 3.39. The Hall–Kier alpha value is -2.82. The van der Waals surface area contributed by atoms with Crippen molar-refractivity contribution in [1.29, 1.82) is 0 Å². The average molecular weight is 280 g/mol. The highest BCUT2D eigenvalue weighted by Crippen LogP contribution is 2.17. The maximum absolute atomic E-state index is 9.24. The summed E-state index contributed by atoms with van der Waals surface area (Å²) in [6.07, 6.45) is 5.17. The smallest absolute Gasteiger partial charge is 0.133 e. The molecule has 5 nitrogen and oxygen atoms in total. The maximum Gasteiger partial charge on any atom is 0.133 e. The molecule has 0 aliphatic rings. The highest BCUT2D eigenvalue weighted by atomic mass is 16.3. The van der Waals surface area contributed by atoms with Gasteiger partial charge in [0.2, 0.25) is 0 Å². The molecule has 0 saturated carbocycles. The van der Waals surface area contributed by atoms with Crippen LogP contribution in [0.15, 0.2) is 61.1 Å². The van der Waals surface area contributed by atoms with Gasteiger partial charge in [-0.2, -0.15) is 5.10 Å². The summed E-state index contributed by atoms with van der Waals surface area (Å²) in [5.41, 5.74) is 3.10. The van der Waals surface area contributed by atoms with Gasteiger partial charge in [-0.3, -0.25) is 9.67 Å². The van der Waals surface area contributed by atoms with Crippen molar-refractivity contribution < 1.29 is 5.11 Å². The van der Waals surface area contributed by atoms with Crippen LogP contribution in [0.25, 0.3) is 0 Å². The summed E-state index contributed by atoms with van der Waals surface area (Å²) in [6, 6.07) is 13.5. The summed E-state index contributed by atoms with van der Waals surface area (Å²) in [5.74, 6) is 0.179. The minimum atomic E-state index is 0.179. The second-order valence-electron chi connectivity index (χ2n) is 4.72. The first-order valence-corrected chi connectivity index (χ1v) is 6.74. The average Bonchev–Trinajstić information content (AvgIpc) is 3.01. The van der Waals surface area contributed by atoms with Crippen molar-refractivity contribution in [3.8, 4) is 5.75 Å². The fourth-order valence-corrected chi connectivity index (χ4v) is 2.11. The molecule has 0 amide bonds. The van der Waals surface area contributed by atoms with Crippen LogP contribution in [-0.2, 0) is 13.1 Å². The van der Waals surface area contributed by atoms with Crippen molar-refractivity contribution in [1.82, 2.24) is 14.8 Å². The monoisotopic (exact) mass is 280 g/mol. The lowest BCUT2D eigenvalue weighted by atomic mass is 10.1. The summed E-state index contributed by atoms with van der Waals surface area (Å²) in [5, 5.41) is 16.8. The molecule has 0 aliphatic heterocycles. The second-order valence-corrected chi connectivity index (χ2v) is 4.72. The molecule has 0 radical (unpaired) electrons. The molecular weight excluding hydrogens is 264 g/mol. The van der Waals surface area contributed by atoms with E-state index in [-0.39, 0.29) is 5.75 Å². The predicted octanol–water partition coefficient (Wildman–Crippen LogP) is 2.64. The van der Waals surface area contributed by atoms with Gasteiger partial charge in [-0.15, -0.1) is 0 Å². The van der Waals surface area contributed by atoms with E-state index in [1.54, 1.807) is 18.3 Å². The minimum Gasteiger partial charge on any atom is -0.506 e. The summed E-state index contributed by atoms with van der Waals surface area (Å²) in [6.45, 7) is 1.33. The number of para-hydroxylation sites is 1. The Bertz CT molecular complexity index is 693. The van der Waals surface area contributed by atoms with E-state index in [2.05, 4.69) is 21.5 Å². The summed E-state index contributed by atoms with van der Waals surface area (Å²) >= 11 is 0. The van der Waals surface area contributed by atoms with Gasteiger partial charge in [-0.05, 0) is 29.8 Å². The van der Waals surface area contributed by atoms with Gasteiger partial charge < -0.3 is 10.4 Å². The van der Waals surface area contributed by atoms with Crippen LogP contribution in [0.1, 0.15) is 11.3 Å². The lowest BCUT2D eigenvalue weighted by molar-refractivity contribution is 0.472. The number of aromatic nitrogens is 3. The number of aromatic hydroxyl groups is 1. The zero-order valence-corrected chi connectivity index (χ0v) is 11.5. The van der Waals surface area contributed by atoms with Crippen molar-refractivity contribution in [3.63, 3.8) is 0 Å². The molecule has 0 spiro atoms. The molecule has 2 heterocycles.